The highest BCUT2D eigenvalue weighted by Crippen LogP contribution is 2.20. The molecule has 156 valence electrons. The van der Waals surface area contributed by atoms with Gasteiger partial charge in [0.15, 0.2) is 5.69 Å². The van der Waals surface area contributed by atoms with Gasteiger partial charge in [0.1, 0.15) is 5.82 Å². The zero-order valence-corrected chi connectivity index (χ0v) is 17.2. The summed E-state index contributed by atoms with van der Waals surface area (Å²) in [6.07, 6.45) is 0.796. The van der Waals surface area contributed by atoms with Crippen molar-refractivity contribution >= 4 is 22.4 Å². The largest absolute Gasteiger partial charge is 0.370 e. The lowest BCUT2D eigenvalue weighted by molar-refractivity contribution is 0.0760. The Morgan fingerprint density at radius 1 is 0.967 bits per heavy atom. The van der Waals surface area contributed by atoms with E-state index in [-0.39, 0.29) is 23.3 Å². The van der Waals surface area contributed by atoms with Crippen molar-refractivity contribution in [3.8, 4) is 0 Å². The first-order valence-corrected chi connectivity index (χ1v) is 10.3. The van der Waals surface area contributed by atoms with Gasteiger partial charge >= 0.3 is 0 Å². The average Bonchev–Trinajstić information content (AvgIpc) is 3.00. The third-order valence-corrected chi connectivity index (χ3v) is 5.50. The summed E-state index contributed by atoms with van der Waals surface area (Å²) < 4.78 is 14.6. The molecule has 6 nitrogen and oxygen atoms in total. The van der Waals surface area contributed by atoms with Gasteiger partial charge in [-0.2, -0.15) is 5.10 Å². The molecule has 0 unspecified atom stereocenters. The summed E-state index contributed by atoms with van der Waals surface area (Å²) in [7, 11) is 0. The van der Waals surface area contributed by atoms with Gasteiger partial charge in [-0.3, -0.25) is 9.59 Å². The van der Waals surface area contributed by atoms with Crippen LogP contribution >= 0.6 is 0 Å². The molecular formula is C23H25FN4O2. The van der Waals surface area contributed by atoms with Crippen LogP contribution < -0.4 is 10.5 Å². The maximum absolute atomic E-state index is 13.4. The van der Waals surface area contributed by atoms with E-state index in [0.717, 1.165) is 18.7 Å². The van der Waals surface area contributed by atoms with Crippen LogP contribution in [-0.4, -0.2) is 46.8 Å². The fourth-order valence-corrected chi connectivity index (χ4v) is 3.89. The maximum atomic E-state index is 13.4. The minimum Gasteiger partial charge on any atom is -0.370 e. The predicted molar refractivity (Wildman–Crippen MR) is 116 cm³/mol. The van der Waals surface area contributed by atoms with E-state index in [0.29, 0.717) is 36.1 Å². The summed E-state index contributed by atoms with van der Waals surface area (Å²) in [4.78, 5) is 30.1. The topological polar surface area (TPSA) is 58.4 Å². The first-order valence-electron chi connectivity index (χ1n) is 10.3. The van der Waals surface area contributed by atoms with Crippen molar-refractivity contribution < 1.29 is 9.18 Å². The molecule has 1 aliphatic rings. The Morgan fingerprint density at radius 2 is 1.67 bits per heavy atom. The van der Waals surface area contributed by atoms with Crippen LogP contribution in [0.25, 0.3) is 10.8 Å². The number of benzene rings is 2. The first kappa shape index (κ1) is 20.1. The van der Waals surface area contributed by atoms with Crippen LogP contribution in [0.5, 0.6) is 0 Å². The van der Waals surface area contributed by atoms with E-state index in [2.05, 4.69) is 10.00 Å². The van der Waals surface area contributed by atoms with Crippen LogP contribution in [0.15, 0.2) is 53.3 Å². The highest BCUT2D eigenvalue weighted by molar-refractivity contribution is 6.04. The molecule has 0 spiro atoms. The summed E-state index contributed by atoms with van der Waals surface area (Å²) >= 11 is 0. The van der Waals surface area contributed by atoms with Crippen molar-refractivity contribution in [2.45, 2.75) is 26.3 Å². The highest BCUT2D eigenvalue weighted by atomic mass is 19.1. The van der Waals surface area contributed by atoms with Gasteiger partial charge in [0, 0.05) is 37.3 Å². The average molecular weight is 408 g/mol. The molecule has 1 aromatic heterocycles. The van der Waals surface area contributed by atoms with Gasteiger partial charge in [0.25, 0.3) is 11.5 Å². The van der Waals surface area contributed by atoms with E-state index in [9.17, 15) is 14.0 Å². The first-order chi connectivity index (χ1) is 14.5. The normalized spacial score (nSPS) is 14.9. The number of amides is 1. The molecule has 7 heteroatoms. The van der Waals surface area contributed by atoms with Gasteiger partial charge in [0.2, 0.25) is 0 Å². The van der Waals surface area contributed by atoms with E-state index in [1.54, 1.807) is 35.2 Å². The van der Waals surface area contributed by atoms with E-state index in [4.69, 9.17) is 0 Å². The van der Waals surface area contributed by atoms with Crippen molar-refractivity contribution in [3.05, 3.63) is 70.4 Å². The monoisotopic (exact) mass is 408 g/mol. The second-order valence-corrected chi connectivity index (χ2v) is 7.85. The number of halogens is 1. The summed E-state index contributed by atoms with van der Waals surface area (Å²) in [5, 5.41) is 5.54. The molecule has 0 radical (unpaired) electrons. The molecular weight excluding hydrogens is 383 g/mol. The lowest BCUT2D eigenvalue weighted by Crippen LogP contribution is -2.37. The molecule has 1 saturated heterocycles. The molecule has 2 aromatic carbocycles. The van der Waals surface area contributed by atoms with Crippen molar-refractivity contribution in [3.63, 3.8) is 0 Å². The van der Waals surface area contributed by atoms with Crippen molar-refractivity contribution in [2.24, 2.45) is 0 Å². The number of aromatic nitrogens is 2. The Labute approximate surface area is 174 Å². The summed E-state index contributed by atoms with van der Waals surface area (Å²) in [6.45, 7) is 6.34. The zero-order chi connectivity index (χ0) is 21.3. The minimum atomic E-state index is -0.261. The third kappa shape index (κ3) is 3.79. The molecule has 30 heavy (non-hydrogen) atoms. The quantitative estimate of drug-likeness (QED) is 0.666. The Morgan fingerprint density at radius 3 is 2.37 bits per heavy atom. The molecule has 0 atom stereocenters. The lowest BCUT2D eigenvalue weighted by Gasteiger charge is -2.24. The fourth-order valence-electron chi connectivity index (χ4n) is 3.89. The minimum absolute atomic E-state index is 0.147. The summed E-state index contributed by atoms with van der Waals surface area (Å²) in [6, 6.07) is 13.4. The molecule has 1 aliphatic heterocycles. The maximum Gasteiger partial charge on any atom is 0.275 e. The van der Waals surface area contributed by atoms with Crippen LogP contribution in [0, 0.1) is 5.82 Å². The van der Waals surface area contributed by atoms with E-state index < -0.39 is 0 Å². The number of carbonyl (C=O) groups is 1. The van der Waals surface area contributed by atoms with Gasteiger partial charge < -0.3 is 9.80 Å². The number of hydrogen-bond acceptors (Lipinski definition) is 4. The van der Waals surface area contributed by atoms with Crippen molar-refractivity contribution in [2.75, 3.05) is 31.1 Å². The predicted octanol–water partition coefficient (Wildman–Crippen LogP) is 3.47. The zero-order valence-electron chi connectivity index (χ0n) is 17.2. The van der Waals surface area contributed by atoms with E-state index in [1.165, 1.54) is 16.8 Å². The Kier molecular flexibility index (Phi) is 5.53. The fraction of sp³-hybridized carbons (Fsp3) is 0.348. The molecule has 0 saturated carbocycles. The third-order valence-electron chi connectivity index (χ3n) is 5.50. The van der Waals surface area contributed by atoms with Crippen LogP contribution in [0.2, 0.25) is 0 Å². The SMILES string of the molecule is CC(C)n1nc(C(=O)N2CCCN(c3ccc(F)cc3)CC2)c2ccccc2c1=O. The molecule has 0 N–H and O–H groups in total. The second kappa shape index (κ2) is 8.26. The Balaban J connectivity index is 1.63. The van der Waals surface area contributed by atoms with Crippen LogP contribution in [-0.2, 0) is 0 Å². The number of anilines is 1. The van der Waals surface area contributed by atoms with E-state index >= 15 is 0 Å². The molecule has 2 heterocycles. The number of rotatable bonds is 3. The number of hydrogen-bond donors (Lipinski definition) is 0. The van der Waals surface area contributed by atoms with Gasteiger partial charge in [-0.1, -0.05) is 18.2 Å². The number of carbonyl (C=O) groups excluding carboxylic acids is 1. The smallest absolute Gasteiger partial charge is 0.275 e. The van der Waals surface area contributed by atoms with E-state index in [1.807, 2.05) is 19.9 Å². The van der Waals surface area contributed by atoms with Crippen molar-refractivity contribution in [1.29, 1.82) is 0 Å². The van der Waals surface area contributed by atoms with Gasteiger partial charge in [-0.15, -0.1) is 0 Å². The lowest BCUT2D eigenvalue weighted by atomic mass is 10.1. The highest BCUT2D eigenvalue weighted by Gasteiger charge is 2.25. The summed E-state index contributed by atoms with van der Waals surface area (Å²) in [5.74, 6) is -0.426. The number of nitrogens with zero attached hydrogens (tertiary/aromatic N) is 4. The van der Waals surface area contributed by atoms with Gasteiger partial charge in [0.05, 0.1) is 11.4 Å². The molecule has 0 aliphatic carbocycles. The Bertz CT molecular complexity index is 1120. The van der Waals surface area contributed by atoms with Gasteiger partial charge in [-0.25, -0.2) is 9.07 Å². The van der Waals surface area contributed by atoms with Crippen molar-refractivity contribution in [1.82, 2.24) is 14.7 Å². The van der Waals surface area contributed by atoms with Crippen LogP contribution in [0.1, 0.15) is 36.8 Å². The Hall–Kier alpha value is -3.22. The molecule has 3 aromatic rings. The number of fused-ring (bicyclic) bond motifs is 1. The second-order valence-electron chi connectivity index (χ2n) is 7.85. The van der Waals surface area contributed by atoms with Crippen LogP contribution in [0.4, 0.5) is 10.1 Å². The standard InChI is InChI=1S/C23H25FN4O2/c1-16(2)28-22(29)20-7-4-3-6-19(20)21(25-28)23(30)27-13-5-12-26(14-15-27)18-10-8-17(24)9-11-18/h3-4,6-11,16H,5,12-15H2,1-2H3. The molecule has 4 rings (SSSR count). The molecule has 0 bridgehead atoms. The summed E-state index contributed by atoms with van der Waals surface area (Å²) in [5.41, 5.74) is 1.08. The van der Waals surface area contributed by atoms with Crippen LogP contribution in [0.3, 0.4) is 0 Å². The molecule has 1 fully saturated rings. The van der Waals surface area contributed by atoms with Gasteiger partial charge in [-0.05, 0) is 50.6 Å². The molecule has 1 amide bonds.